The van der Waals surface area contributed by atoms with Crippen molar-refractivity contribution in [2.24, 2.45) is 0 Å². The third kappa shape index (κ3) is 6.45. The fraction of sp³-hybridized carbons (Fsp3) is 0.286. The van der Waals surface area contributed by atoms with Crippen LogP contribution < -0.4 is 10.1 Å². The van der Waals surface area contributed by atoms with Crippen LogP contribution in [0.25, 0.3) is 11.0 Å². The lowest BCUT2D eigenvalue weighted by molar-refractivity contribution is -0.121. The van der Waals surface area contributed by atoms with E-state index in [2.05, 4.69) is 47.1 Å². The smallest absolute Gasteiger partial charge is 0.220 e. The van der Waals surface area contributed by atoms with Crippen LogP contribution in [0.15, 0.2) is 78.9 Å². The number of amides is 1. The first kappa shape index (κ1) is 22.6. The van der Waals surface area contributed by atoms with Gasteiger partial charge in [-0.2, -0.15) is 0 Å². The molecular formula is C28H31N3O2. The molecule has 0 aliphatic rings. The molecule has 0 radical (unpaired) electrons. The molecule has 0 fully saturated rings. The van der Waals surface area contributed by atoms with Crippen LogP contribution in [0.1, 0.15) is 29.8 Å². The number of nitrogens with zero attached hydrogens (tertiary/aromatic N) is 2. The minimum absolute atomic E-state index is 0.0769. The normalized spacial score (nSPS) is 10.9. The summed E-state index contributed by atoms with van der Waals surface area (Å²) in [5, 5.41) is 3.05. The Morgan fingerprint density at radius 3 is 2.52 bits per heavy atom. The molecule has 5 heteroatoms. The highest BCUT2D eigenvalue weighted by Crippen LogP contribution is 2.18. The molecule has 0 unspecified atom stereocenters. The number of rotatable bonds is 11. The number of aryl methyl sites for hydroxylation is 3. The van der Waals surface area contributed by atoms with Crippen molar-refractivity contribution in [2.75, 3.05) is 13.2 Å². The predicted octanol–water partition coefficient (Wildman–Crippen LogP) is 5.11. The third-order valence-corrected chi connectivity index (χ3v) is 5.70. The Morgan fingerprint density at radius 1 is 0.939 bits per heavy atom. The molecule has 0 bridgehead atoms. The molecule has 0 spiro atoms. The second kappa shape index (κ2) is 11.3. The van der Waals surface area contributed by atoms with Crippen LogP contribution in [0.2, 0.25) is 0 Å². The maximum absolute atomic E-state index is 12.3. The number of fused-ring (bicyclic) bond motifs is 1. The standard InChI is InChI=1S/C28H31N3O2/c1-22-12-15-24(16-13-22)33-21-7-20-31-26-11-6-5-10-25(26)30-27(31)18-19-29-28(32)17-14-23-8-3-2-4-9-23/h2-6,8-13,15-16H,7,14,17-21H2,1H3,(H,29,32). The zero-order valence-electron chi connectivity index (χ0n) is 19.2. The van der Waals surface area contributed by atoms with Gasteiger partial charge in [0.1, 0.15) is 11.6 Å². The SMILES string of the molecule is Cc1ccc(OCCCn2c(CCNC(=O)CCc3ccccc3)nc3ccccc32)cc1. The zero-order valence-corrected chi connectivity index (χ0v) is 19.2. The zero-order chi connectivity index (χ0) is 22.9. The van der Waals surface area contributed by atoms with Gasteiger partial charge >= 0.3 is 0 Å². The molecule has 0 saturated heterocycles. The van der Waals surface area contributed by atoms with Crippen molar-refractivity contribution in [2.45, 2.75) is 39.2 Å². The van der Waals surface area contributed by atoms with E-state index in [0.717, 1.165) is 42.0 Å². The minimum Gasteiger partial charge on any atom is -0.494 e. The van der Waals surface area contributed by atoms with Crippen molar-refractivity contribution < 1.29 is 9.53 Å². The second-order valence-corrected chi connectivity index (χ2v) is 8.27. The number of imidazole rings is 1. The number of carbonyl (C=O) groups is 1. The van der Waals surface area contributed by atoms with Crippen LogP contribution in [0.4, 0.5) is 0 Å². The topological polar surface area (TPSA) is 56.1 Å². The molecule has 5 nitrogen and oxygen atoms in total. The van der Waals surface area contributed by atoms with E-state index in [-0.39, 0.29) is 5.91 Å². The number of carbonyl (C=O) groups excluding carboxylic acids is 1. The van der Waals surface area contributed by atoms with E-state index in [1.54, 1.807) is 0 Å². The summed E-state index contributed by atoms with van der Waals surface area (Å²) in [6.45, 7) is 4.12. The highest BCUT2D eigenvalue weighted by Gasteiger charge is 2.11. The number of ether oxygens (including phenoxy) is 1. The van der Waals surface area contributed by atoms with Gasteiger partial charge in [0, 0.05) is 25.9 Å². The lowest BCUT2D eigenvalue weighted by atomic mass is 10.1. The average molecular weight is 442 g/mol. The fourth-order valence-electron chi connectivity index (χ4n) is 3.92. The molecule has 0 aliphatic heterocycles. The highest BCUT2D eigenvalue weighted by atomic mass is 16.5. The first-order valence-electron chi connectivity index (χ1n) is 11.6. The molecule has 0 saturated carbocycles. The predicted molar refractivity (Wildman–Crippen MR) is 133 cm³/mol. The van der Waals surface area contributed by atoms with E-state index >= 15 is 0 Å². The molecule has 1 aromatic heterocycles. The summed E-state index contributed by atoms with van der Waals surface area (Å²) in [4.78, 5) is 17.1. The summed E-state index contributed by atoms with van der Waals surface area (Å²) >= 11 is 0. The first-order valence-corrected chi connectivity index (χ1v) is 11.6. The number of hydrogen-bond donors (Lipinski definition) is 1. The van der Waals surface area contributed by atoms with E-state index in [9.17, 15) is 4.79 Å². The number of aromatic nitrogens is 2. The molecule has 1 N–H and O–H groups in total. The summed E-state index contributed by atoms with van der Waals surface area (Å²) in [5.41, 5.74) is 4.52. The molecule has 0 atom stereocenters. The first-order chi connectivity index (χ1) is 16.2. The number of para-hydroxylation sites is 2. The second-order valence-electron chi connectivity index (χ2n) is 8.27. The largest absolute Gasteiger partial charge is 0.494 e. The molecular weight excluding hydrogens is 410 g/mol. The Balaban J connectivity index is 1.29. The monoisotopic (exact) mass is 441 g/mol. The molecule has 3 aromatic carbocycles. The summed E-state index contributed by atoms with van der Waals surface area (Å²) < 4.78 is 8.15. The Kier molecular flexibility index (Phi) is 7.75. The maximum atomic E-state index is 12.3. The van der Waals surface area contributed by atoms with E-state index < -0.39 is 0 Å². The van der Waals surface area contributed by atoms with Crippen molar-refractivity contribution >= 4 is 16.9 Å². The van der Waals surface area contributed by atoms with Crippen LogP contribution in [-0.2, 0) is 24.2 Å². The lowest BCUT2D eigenvalue weighted by Gasteiger charge is -2.11. The van der Waals surface area contributed by atoms with E-state index in [1.807, 2.05) is 48.5 Å². The number of nitrogens with one attached hydrogen (secondary N) is 1. The fourth-order valence-corrected chi connectivity index (χ4v) is 3.92. The lowest BCUT2D eigenvalue weighted by Crippen LogP contribution is -2.26. The van der Waals surface area contributed by atoms with Gasteiger partial charge in [0.15, 0.2) is 0 Å². The van der Waals surface area contributed by atoms with Crippen molar-refractivity contribution in [3.8, 4) is 5.75 Å². The molecule has 1 heterocycles. The molecule has 170 valence electrons. The molecule has 33 heavy (non-hydrogen) atoms. The number of hydrogen-bond acceptors (Lipinski definition) is 3. The number of benzene rings is 3. The molecule has 0 aliphatic carbocycles. The van der Waals surface area contributed by atoms with Crippen LogP contribution >= 0.6 is 0 Å². The Labute approximate surface area is 195 Å². The van der Waals surface area contributed by atoms with Crippen LogP contribution in [0.5, 0.6) is 5.75 Å². The van der Waals surface area contributed by atoms with Gasteiger partial charge in [0.2, 0.25) is 5.91 Å². The van der Waals surface area contributed by atoms with Gasteiger partial charge < -0.3 is 14.6 Å². The van der Waals surface area contributed by atoms with Crippen molar-refractivity contribution in [3.05, 3.63) is 95.8 Å². The van der Waals surface area contributed by atoms with E-state index in [1.165, 1.54) is 11.1 Å². The van der Waals surface area contributed by atoms with Crippen LogP contribution in [0.3, 0.4) is 0 Å². The van der Waals surface area contributed by atoms with Crippen LogP contribution in [-0.4, -0.2) is 28.6 Å². The Morgan fingerprint density at radius 2 is 1.70 bits per heavy atom. The third-order valence-electron chi connectivity index (χ3n) is 5.70. The maximum Gasteiger partial charge on any atom is 0.220 e. The van der Waals surface area contributed by atoms with E-state index in [4.69, 9.17) is 9.72 Å². The average Bonchev–Trinajstić information content (AvgIpc) is 3.19. The van der Waals surface area contributed by atoms with Gasteiger partial charge in [0.05, 0.1) is 17.6 Å². The van der Waals surface area contributed by atoms with Gasteiger partial charge in [-0.1, -0.05) is 60.2 Å². The van der Waals surface area contributed by atoms with Gasteiger partial charge in [-0.15, -0.1) is 0 Å². The van der Waals surface area contributed by atoms with Gasteiger partial charge in [-0.25, -0.2) is 4.98 Å². The van der Waals surface area contributed by atoms with Crippen molar-refractivity contribution in [3.63, 3.8) is 0 Å². The quantitative estimate of drug-likeness (QED) is 0.329. The van der Waals surface area contributed by atoms with Crippen molar-refractivity contribution in [1.82, 2.24) is 14.9 Å². The molecule has 4 rings (SSSR count). The molecule has 4 aromatic rings. The summed E-state index contributed by atoms with van der Waals surface area (Å²) in [6, 6.07) is 26.4. The Bertz CT molecular complexity index is 1170. The minimum atomic E-state index is 0.0769. The van der Waals surface area contributed by atoms with Gasteiger partial charge in [-0.05, 0) is 49.6 Å². The summed E-state index contributed by atoms with van der Waals surface area (Å²) in [7, 11) is 0. The summed E-state index contributed by atoms with van der Waals surface area (Å²) in [5.74, 6) is 1.97. The Hall–Kier alpha value is -3.60. The van der Waals surface area contributed by atoms with Gasteiger partial charge in [0.25, 0.3) is 0 Å². The molecule has 1 amide bonds. The van der Waals surface area contributed by atoms with Crippen LogP contribution in [0, 0.1) is 6.92 Å². The highest BCUT2D eigenvalue weighted by molar-refractivity contribution is 5.77. The van der Waals surface area contributed by atoms with E-state index in [0.29, 0.717) is 26.0 Å². The summed E-state index contributed by atoms with van der Waals surface area (Å²) in [6.07, 6.45) is 2.83. The van der Waals surface area contributed by atoms with Gasteiger partial charge in [-0.3, -0.25) is 4.79 Å². The van der Waals surface area contributed by atoms with Crippen molar-refractivity contribution in [1.29, 1.82) is 0 Å².